The molecule has 1 aromatic heterocycles. The fourth-order valence-electron chi connectivity index (χ4n) is 1.74. The van der Waals surface area contributed by atoms with E-state index in [1.54, 1.807) is 25.1 Å². The molecule has 1 amide bonds. The third kappa shape index (κ3) is 2.19. The zero-order valence-corrected chi connectivity index (χ0v) is 10.1. The number of ether oxygens (including phenoxy) is 2. The maximum Gasteiger partial charge on any atom is 0.252 e. The number of carbonyl (C=O) groups excluding carboxylic acids is 1. The monoisotopic (exact) mass is 261 g/mol. The van der Waals surface area contributed by atoms with Crippen LogP contribution in [0.15, 0.2) is 18.2 Å². The number of tetrazole rings is 1. The molecule has 0 fully saturated rings. The van der Waals surface area contributed by atoms with E-state index in [0.717, 1.165) is 0 Å². The van der Waals surface area contributed by atoms with E-state index in [4.69, 9.17) is 9.47 Å². The largest absolute Gasteiger partial charge is 0.454 e. The summed E-state index contributed by atoms with van der Waals surface area (Å²) < 4.78 is 10.4. The van der Waals surface area contributed by atoms with Crippen LogP contribution in [-0.4, -0.2) is 33.3 Å². The molecule has 0 aliphatic carbocycles. The topological polar surface area (TPSA) is 102 Å². The summed E-state index contributed by atoms with van der Waals surface area (Å²) in [7, 11) is 0. The second kappa shape index (κ2) is 4.56. The van der Waals surface area contributed by atoms with Crippen LogP contribution in [0.1, 0.15) is 29.1 Å². The highest BCUT2D eigenvalue weighted by atomic mass is 16.7. The summed E-state index contributed by atoms with van der Waals surface area (Å²) >= 11 is 0. The maximum atomic E-state index is 12.1. The van der Waals surface area contributed by atoms with Gasteiger partial charge in [-0.1, -0.05) is 5.21 Å². The van der Waals surface area contributed by atoms with E-state index in [0.29, 0.717) is 22.9 Å². The summed E-state index contributed by atoms with van der Waals surface area (Å²) in [6.45, 7) is 1.95. The molecule has 2 aromatic rings. The van der Waals surface area contributed by atoms with Crippen molar-refractivity contribution in [2.24, 2.45) is 0 Å². The predicted molar refractivity (Wildman–Crippen MR) is 62.6 cm³/mol. The summed E-state index contributed by atoms with van der Waals surface area (Å²) in [6, 6.07) is 4.68. The minimum absolute atomic E-state index is 0.180. The van der Waals surface area contributed by atoms with Crippen LogP contribution in [0, 0.1) is 0 Å². The second-order valence-corrected chi connectivity index (χ2v) is 4.03. The third-order valence-corrected chi connectivity index (χ3v) is 2.73. The van der Waals surface area contributed by atoms with Crippen LogP contribution in [0.5, 0.6) is 11.5 Å². The molecule has 1 aromatic carbocycles. The molecule has 8 heteroatoms. The van der Waals surface area contributed by atoms with Crippen LogP contribution in [-0.2, 0) is 0 Å². The van der Waals surface area contributed by atoms with Crippen molar-refractivity contribution >= 4 is 5.91 Å². The first-order valence-electron chi connectivity index (χ1n) is 5.68. The van der Waals surface area contributed by atoms with Gasteiger partial charge in [-0.15, -0.1) is 10.2 Å². The molecule has 2 heterocycles. The summed E-state index contributed by atoms with van der Waals surface area (Å²) in [5, 5.41) is 16.2. The lowest BCUT2D eigenvalue weighted by Crippen LogP contribution is -2.27. The number of aromatic nitrogens is 4. The molecule has 0 saturated heterocycles. The molecule has 2 N–H and O–H groups in total. The first kappa shape index (κ1) is 11.5. The van der Waals surface area contributed by atoms with Crippen molar-refractivity contribution < 1.29 is 14.3 Å². The van der Waals surface area contributed by atoms with Crippen molar-refractivity contribution in [2.45, 2.75) is 13.0 Å². The number of H-pyrrole nitrogens is 1. The van der Waals surface area contributed by atoms with Crippen LogP contribution < -0.4 is 14.8 Å². The summed E-state index contributed by atoms with van der Waals surface area (Å²) in [5.41, 5.74) is 0.486. The summed E-state index contributed by atoms with van der Waals surface area (Å²) in [4.78, 5) is 12.1. The fourth-order valence-corrected chi connectivity index (χ4v) is 1.74. The highest BCUT2D eigenvalue weighted by Gasteiger charge is 2.18. The van der Waals surface area contributed by atoms with Crippen LogP contribution in [0.3, 0.4) is 0 Å². The smallest absolute Gasteiger partial charge is 0.252 e. The quantitative estimate of drug-likeness (QED) is 0.830. The zero-order valence-electron chi connectivity index (χ0n) is 10.1. The number of aromatic amines is 1. The Labute approximate surface area is 108 Å². The normalized spacial score (nSPS) is 14.2. The van der Waals surface area contributed by atoms with Gasteiger partial charge in [0.25, 0.3) is 5.91 Å². The molecule has 98 valence electrons. The number of hydrogen-bond donors (Lipinski definition) is 2. The van der Waals surface area contributed by atoms with Crippen LogP contribution in [0.2, 0.25) is 0 Å². The maximum absolute atomic E-state index is 12.1. The zero-order chi connectivity index (χ0) is 13.2. The Hall–Kier alpha value is -2.64. The van der Waals surface area contributed by atoms with E-state index in [2.05, 4.69) is 25.9 Å². The highest BCUT2D eigenvalue weighted by Crippen LogP contribution is 2.32. The number of rotatable bonds is 3. The predicted octanol–water partition coefficient (Wildman–Crippen LogP) is 0.419. The van der Waals surface area contributed by atoms with E-state index in [-0.39, 0.29) is 18.7 Å². The summed E-state index contributed by atoms with van der Waals surface area (Å²) in [6.07, 6.45) is 0. The van der Waals surface area contributed by atoms with Crippen LogP contribution in [0.4, 0.5) is 0 Å². The van der Waals surface area contributed by atoms with Gasteiger partial charge in [0, 0.05) is 5.56 Å². The molecule has 3 rings (SSSR count). The van der Waals surface area contributed by atoms with Crippen molar-refractivity contribution in [3.8, 4) is 11.5 Å². The summed E-state index contributed by atoms with van der Waals surface area (Å²) in [5.74, 6) is 1.40. The molecule has 0 bridgehead atoms. The lowest BCUT2D eigenvalue weighted by Gasteiger charge is -2.10. The number of nitrogens with zero attached hydrogens (tertiary/aromatic N) is 3. The van der Waals surface area contributed by atoms with Crippen molar-refractivity contribution in [2.75, 3.05) is 6.79 Å². The van der Waals surface area contributed by atoms with Crippen LogP contribution in [0.25, 0.3) is 0 Å². The number of nitrogens with one attached hydrogen (secondary N) is 2. The standard InChI is InChI=1S/C11H11N5O3/c1-6(10-13-15-16-14-10)12-11(17)7-2-3-8-9(4-7)19-5-18-8/h2-4,6H,5H2,1H3,(H,12,17)(H,13,14,15,16). The Balaban J connectivity index is 1.74. The molecule has 1 atom stereocenters. The second-order valence-electron chi connectivity index (χ2n) is 4.03. The van der Waals surface area contributed by atoms with Gasteiger partial charge in [-0.2, -0.15) is 5.21 Å². The fraction of sp³-hybridized carbons (Fsp3) is 0.273. The molecule has 19 heavy (non-hydrogen) atoms. The molecule has 1 aliphatic rings. The molecule has 0 saturated carbocycles. The molecular formula is C11H11N5O3. The lowest BCUT2D eigenvalue weighted by atomic mass is 10.1. The number of benzene rings is 1. The molecule has 8 nitrogen and oxygen atoms in total. The third-order valence-electron chi connectivity index (χ3n) is 2.73. The number of carbonyl (C=O) groups is 1. The molecular weight excluding hydrogens is 250 g/mol. The van der Waals surface area contributed by atoms with Crippen molar-refractivity contribution in [3.63, 3.8) is 0 Å². The minimum Gasteiger partial charge on any atom is -0.454 e. The van der Waals surface area contributed by atoms with Crippen molar-refractivity contribution in [1.82, 2.24) is 25.9 Å². The first-order valence-corrected chi connectivity index (χ1v) is 5.68. The molecule has 0 spiro atoms. The van der Waals surface area contributed by atoms with E-state index >= 15 is 0 Å². The Bertz CT molecular complexity index is 598. The molecule has 1 aliphatic heterocycles. The van der Waals surface area contributed by atoms with Gasteiger partial charge in [0.2, 0.25) is 6.79 Å². The Morgan fingerprint density at radius 2 is 2.26 bits per heavy atom. The van der Waals surface area contributed by atoms with Gasteiger partial charge in [-0.05, 0) is 25.1 Å². The van der Waals surface area contributed by atoms with Gasteiger partial charge >= 0.3 is 0 Å². The van der Waals surface area contributed by atoms with Gasteiger partial charge in [-0.3, -0.25) is 4.79 Å². The van der Waals surface area contributed by atoms with Gasteiger partial charge in [0.05, 0.1) is 6.04 Å². The van der Waals surface area contributed by atoms with Gasteiger partial charge in [-0.25, -0.2) is 0 Å². The van der Waals surface area contributed by atoms with E-state index in [9.17, 15) is 4.79 Å². The first-order chi connectivity index (χ1) is 9.24. The van der Waals surface area contributed by atoms with E-state index < -0.39 is 0 Å². The highest BCUT2D eigenvalue weighted by molar-refractivity contribution is 5.95. The van der Waals surface area contributed by atoms with Gasteiger partial charge in [0.1, 0.15) is 0 Å². The Morgan fingerprint density at radius 3 is 3.05 bits per heavy atom. The van der Waals surface area contributed by atoms with Gasteiger partial charge in [0.15, 0.2) is 17.3 Å². The Morgan fingerprint density at radius 1 is 1.42 bits per heavy atom. The molecule has 1 unspecified atom stereocenters. The SMILES string of the molecule is CC(NC(=O)c1ccc2c(c1)OCO2)c1nn[nH]n1. The number of fused-ring (bicyclic) bond motifs is 1. The van der Waals surface area contributed by atoms with E-state index in [1.807, 2.05) is 0 Å². The number of amides is 1. The lowest BCUT2D eigenvalue weighted by molar-refractivity contribution is 0.0938. The van der Waals surface area contributed by atoms with E-state index in [1.165, 1.54) is 0 Å². The van der Waals surface area contributed by atoms with Gasteiger partial charge < -0.3 is 14.8 Å². The average molecular weight is 261 g/mol. The molecule has 0 radical (unpaired) electrons. The van der Waals surface area contributed by atoms with Crippen molar-refractivity contribution in [3.05, 3.63) is 29.6 Å². The number of hydrogen-bond acceptors (Lipinski definition) is 6. The van der Waals surface area contributed by atoms with Crippen LogP contribution >= 0.6 is 0 Å². The average Bonchev–Trinajstić information content (AvgIpc) is 3.09. The van der Waals surface area contributed by atoms with Crippen molar-refractivity contribution in [1.29, 1.82) is 0 Å². The minimum atomic E-state index is -0.336. The Kier molecular flexibility index (Phi) is 2.75.